The number of methoxy groups -OCH3 is 1. The highest BCUT2D eigenvalue weighted by molar-refractivity contribution is 7.92. The van der Waals surface area contributed by atoms with Crippen LogP contribution in [0.5, 0.6) is 5.75 Å². The molecule has 0 aromatic heterocycles. The van der Waals surface area contributed by atoms with Gasteiger partial charge in [-0.25, -0.2) is 12.8 Å². The maximum absolute atomic E-state index is 14.6. The Morgan fingerprint density at radius 1 is 1.00 bits per heavy atom. The van der Waals surface area contributed by atoms with Crippen molar-refractivity contribution in [1.29, 1.82) is 0 Å². The highest BCUT2D eigenvalue weighted by Gasteiger charge is 2.33. The van der Waals surface area contributed by atoms with Crippen molar-refractivity contribution in [3.63, 3.8) is 0 Å². The lowest BCUT2D eigenvalue weighted by atomic mass is 10.1. The molecule has 0 fully saturated rings. The van der Waals surface area contributed by atoms with Crippen LogP contribution in [-0.4, -0.2) is 51.4 Å². The van der Waals surface area contributed by atoms with Gasteiger partial charge in [0.25, 0.3) is 10.0 Å². The van der Waals surface area contributed by atoms with Crippen molar-refractivity contribution in [2.75, 3.05) is 24.5 Å². The largest absolute Gasteiger partial charge is 0.495 e. The second-order valence-corrected chi connectivity index (χ2v) is 11.8. The Balaban J connectivity index is 2.05. The van der Waals surface area contributed by atoms with Gasteiger partial charge in [-0.15, -0.1) is 0 Å². The van der Waals surface area contributed by atoms with Crippen molar-refractivity contribution in [3.8, 4) is 5.75 Å². The van der Waals surface area contributed by atoms with Crippen molar-refractivity contribution in [2.45, 2.75) is 38.3 Å². The number of nitrogens with zero attached hydrogens (tertiary/aromatic N) is 2. The minimum atomic E-state index is -4.26. The SMILES string of the molecule is COc1ccc(N(CC(=O)N(Cc2ccccc2F)C(C)C(=O)NCC(C)C)S(=O)(=O)c2ccccc2)cc1Cl. The van der Waals surface area contributed by atoms with Gasteiger partial charge in [-0.1, -0.05) is 61.8 Å². The number of anilines is 1. The van der Waals surface area contributed by atoms with E-state index in [1.54, 1.807) is 24.3 Å². The fourth-order valence-electron chi connectivity index (χ4n) is 3.90. The van der Waals surface area contributed by atoms with Crippen molar-refractivity contribution in [1.82, 2.24) is 10.2 Å². The molecule has 3 aromatic rings. The summed E-state index contributed by atoms with van der Waals surface area (Å²) >= 11 is 6.31. The van der Waals surface area contributed by atoms with Crippen molar-refractivity contribution >= 4 is 39.1 Å². The zero-order chi connectivity index (χ0) is 29.4. The van der Waals surface area contributed by atoms with E-state index >= 15 is 0 Å². The van der Waals surface area contributed by atoms with Crippen LogP contribution in [0.2, 0.25) is 5.02 Å². The van der Waals surface area contributed by atoms with Gasteiger partial charge in [0.2, 0.25) is 11.8 Å². The number of carbonyl (C=O) groups excluding carboxylic acids is 2. The average molecular weight is 590 g/mol. The van der Waals surface area contributed by atoms with Crippen LogP contribution in [0.4, 0.5) is 10.1 Å². The first-order valence-corrected chi connectivity index (χ1v) is 14.5. The van der Waals surface area contributed by atoms with Gasteiger partial charge >= 0.3 is 0 Å². The molecule has 3 aromatic carbocycles. The summed E-state index contributed by atoms with van der Waals surface area (Å²) in [5.41, 5.74) is 0.301. The molecule has 3 rings (SSSR count). The van der Waals surface area contributed by atoms with E-state index in [0.29, 0.717) is 12.3 Å². The number of carbonyl (C=O) groups is 2. The molecule has 0 saturated heterocycles. The van der Waals surface area contributed by atoms with Crippen LogP contribution in [0.15, 0.2) is 77.7 Å². The zero-order valence-corrected chi connectivity index (χ0v) is 24.4. The van der Waals surface area contributed by atoms with Gasteiger partial charge in [-0.3, -0.25) is 13.9 Å². The van der Waals surface area contributed by atoms with Gasteiger partial charge in [0.05, 0.1) is 22.7 Å². The first-order valence-electron chi connectivity index (χ1n) is 12.7. The monoisotopic (exact) mass is 589 g/mol. The smallest absolute Gasteiger partial charge is 0.264 e. The second-order valence-electron chi connectivity index (χ2n) is 9.57. The lowest BCUT2D eigenvalue weighted by Gasteiger charge is -2.32. The molecule has 40 heavy (non-hydrogen) atoms. The molecule has 0 heterocycles. The van der Waals surface area contributed by atoms with Crippen LogP contribution in [0.25, 0.3) is 0 Å². The fourth-order valence-corrected chi connectivity index (χ4v) is 5.58. The summed E-state index contributed by atoms with van der Waals surface area (Å²) in [4.78, 5) is 28.0. The molecule has 0 aliphatic carbocycles. The van der Waals surface area contributed by atoms with E-state index in [2.05, 4.69) is 5.32 Å². The number of amides is 2. The fraction of sp³-hybridized carbons (Fsp3) is 0.310. The van der Waals surface area contributed by atoms with E-state index in [1.807, 2.05) is 13.8 Å². The number of hydrogen-bond donors (Lipinski definition) is 1. The summed E-state index contributed by atoms with van der Waals surface area (Å²) in [5.74, 6) is -1.21. The molecule has 0 radical (unpaired) electrons. The molecule has 0 bridgehead atoms. The van der Waals surface area contributed by atoms with Crippen molar-refractivity contribution in [2.24, 2.45) is 5.92 Å². The molecule has 214 valence electrons. The highest BCUT2D eigenvalue weighted by atomic mass is 35.5. The zero-order valence-electron chi connectivity index (χ0n) is 22.8. The first-order chi connectivity index (χ1) is 18.9. The third-order valence-corrected chi connectivity index (χ3v) is 8.27. The van der Waals surface area contributed by atoms with E-state index in [1.165, 1.54) is 67.5 Å². The minimum absolute atomic E-state index is 0.0434. The lowest BCUT2D eigenvalue weighted by molar-refractivity contribution is -0.139. The molecule has 8 nitrogen and oxygen atoms in total. The summed E-state index contributed by atoms with van der Waals surface area (Å²) in [7, 11) is -2.83. The maximum Gasteiger partial charge on any atom is 0.264 e. The number of ether oxygens (including phenoxy) is 1. The van der Waals surface area contributed by atoms with Gasteiger partial charge in [0.15, 0.2) is 0 Å². The van der Waals surface area contributed by atoms with E-state index in [9.17, 15) is 22.4 Å². The third kappa shape index (κ3) is 7.51. The molecule has 0 aliphatic rings. The number of sulfonamides is 1. The molecule has 0 spiro atoms. The summed E-state index contributed by atoms with van der Waals surface area (Å²) < 4.78 is 48.3. The van der Waals surface area contributed by atoms with Gasteiger partial charge in [0, 0.05) is 18.7 Å². The molecular formula is C29H33ClFN3O5S. The average Bonchev–Trinajstić information content (AvgIpc) is 2.94. The number of hydrogen-bond acceptors (Lipinski definition) is 5. The Hall–Kier alpha value is -3.63. The third-order valence-electron chi connectivity index (χ3n) is 6.18. The van der Waals surface area contributed by atoms with E-state index < -0.39 is 40.2 Å². The van der Waals surface area contributed by atoms with Gasteiger partial charge in [0.1, 0.15) is 24.2 Å². The summed E-state index contributed by atoms with van der Waals surface area (Å²) in [5, 5.41) is 2.93. The number of halogens is 2. The topological polar surface area (TPSA) is 96.0 Å². The molecule has 1 N–H and O–H groups in total. The molecule has 0 aliphatic heterocycles. The van der Waals surface area contributed by atoms with E-state index in [0.717, 1.165) is 4.31 Å². The predicted molar refractivity (Wildman–Crippen MR) is 153 cm³/mol. The quantitative estimate of drug-likeness (QED) is 0.325. The van der Waals surface area contributed by atoms with Crippen LogP contribution in [0.3, 0.4) is 0 Å². The molecule has 11 heteroatoms. The van der Waals surface area contributed by atoms with Gasteiger partial charge in [-0.2, -0.15) is 0 Å². The molecule has 0 saturated carbocycles. The number of benzene rings is 3. The predicted octanol–water partition coefficient (Wildman–Crippen LogP) is 4.87. The summed E-state index contributed by atoms with van der Waals surface area (Å²) in [6.07, 6.45) is 0. The maximum atomic E-state index is 14.6. The standard InChI is InChI=1S/C29H33ClFN3O5S/c1-20(2)17-32-29(36)21(3)33(18-22-10-8-9-13-26(22)31)28(35)19-34(23-14-15-27(39-4)25(30)16-23)40(37,38)24-11-6-5-7-12-24/h5-16,20-21H,17-19H2,1-4H3,(H,32,36). The van der Waals surface area contributed by atoms with Crippen LogP contribution in [0, 0.1) is 11.7 Å². The number of nitrogens with one attached hydrogen (secondary N) is 1. The second kappa shape index (κ2) is 13.6. The Labute approximate surface area is 239 Å². The summed E-state index contributed by atoms with van der Waals surface area (Å²) in [6.45, 7) is 4.85. The van der Waals surface area contributed by atoms with Crippen LogP contribution < -0.4 is 14.4 Å². The van der Waals surface area contributed by atoms with Crippen molar-refractivity contribution in [3.05, 3.63) is 89.2 Å². The minimum Gasteiger partial charge on any atom is -0.495 e. The molecule has 1 unspecified atom stereocenters. The Kier molecular flexibility index (Phi) is 10.5. The van der Waals surface area contributed by atoms with Crippen molar-refractivity contribution < 1.29 is 27.1 Å². The highest BCUT2D eigenvalue weighted by Crippen LogP contribution is 2.32. The summed E-state index contributed by atoms with van der Waals surface area (Å²) in [6, 6.07) is 16.9. The van der Waals surface area contributed by atoms with E-state index in [4.69, 9.17) is 16.3 Å². The van der Waals surface area contributed by atoms with Crippen LogP contribution in [-0.2, 0) is 26.2 Å². The molecule has 1 atom stereocenters. The van der Waals surface area contributed by atoms with Gasteiger partial charge in [-0.05, 0) is 49.2 Å². The van der Waals surface area contributed by atoms with Crippen LogP contribution >= 0.6 is 11.6 Å². The van der Waals surface area contributed by atoms with E-state index in [-0.39, 0.29) is 33.6 Å². The Bertz CT molecular complexity index is 1440. The molecule has 2 amide bonds. The van der Waals surface area contributed by atoms with Gasteiger partial charge < -0.3 is 15.0 Å². The van der Waals surface area contributed by atoms with Crippen LogP contribution in [0.1, 0.15) is 26.3 Å². The normalized spacial score (nSPS) is 12.1. The lowest BCUT2D eigenvalue weighted by Crippen LogP contribution is -2.51. The Morgan fingerprint density at radius 2 is 1.65 bits per heavy atom. The molecular weight excluding hydrogens is 557 g/mol. The Morgan fingerprint density at radius 3 is 2.25 bits per heavy atom. The number of rotatable bonds is 12. The first kappa shape index (κ1) is 30.9.